The van der Waals surface area contributed by atoms with Crippen LogP contribution in [0.4, 0.5) is 0 Å². The summed E-state index contributed by atoms with van der Waals surface area (Å²) < 4.78 is 11.2. The van der Waals surface area contributed by atoms with Gasteiger partial charge in [-0.2, -0.15) is 0 Å². The Balaban J connectivity index is 2.15. The molecule has 0 aromatic heterocycles. The van der Waals surface area contributed by atoms with Crippen LogP contribution in [-0.4, -0.2) is 38.0 Å². The predicted octanol–water partition coefficient (Wildman–Crippen LogP) is 0.430. The van der Waals surface area contributed by atoms with Crippen LogP contribution in [0, 0.1) is 0 Å². The number of benzene rings is 1. The summed E-state index contributed by atoms with van der Waals surface area (Å²) in [6.07, 6.45) is 0.896. The summed E-state index contributed by atoms with van der Waals surface area (Å²) in [7, 11) is 0. The fraction of sp³-hybridized carbons (Fsp3) is 0.538. The first-order valence-corrected chi connectivity index (χ1v) is 6.29. The number of ether oxygens (including phenoxy) is 2. The summed E-state index contributed by atoms with van der Waals surface area (Å²) in [5.41, 5.74) is 6.79. The quantitative estimate of drug-likeness (QED) is 0.708. The molecule has 0 saturated heterocycles. The van der Waals surface area contributed by atoms with Gasteiger partial charge in [-0.1, -0.05) is 6.07 Å². The summed E-state index contributed by atoms with van der Waals surface area (Å²) in [6, 6.07) is 5.88. The third kappa shape index (κ3) is 3.13. The molecule has 1 aliphatic rings. The highest BCUT2D eigenvalue weighted by molar-refractivity contribution is 5.44. The van der Waals surface area contributed by atoms with E-state index in [9.17, 15) is 0 Å². The lowest BCUT2D eigenvalue weighted by Gasteiger charge is -2.18. The van der Waals surface area contributed by atoms with Crippen molar-refractivity contribution < 1.29 is 14.6 Å². The fourth-order valence-corrected chi connectivity index (χ4v) is 1.97. The predicted molar refractivity (Wildman–Crippen MR) is 68.9 cm³/mol. The Kier molecular flexibility index (Phi) is 4.81. The van der Waals surface area contributed by atoms with Crippen molar-refractivity contribution in [2.75, 3.05) is 32.9 Å². The van der Waals surface area contributed by atoms with Gasteiger partial charge in [-0.3, -0.25) is 0 Å². The first-order chi connectivity index (χ1) is 8.85. The molecule has 0 aliphatic carbocycles. The number of nitrogens with two attached hydrogens (primary N) is 1. The standard InChI is InChI=1S/C13H20N2O3/c14-9-11(15-4-5-16)10-2-3-12-13(8-10)18-7-1-6-17-12/h2-3,8,11,15-16H,1,4-7,9,14H2. The van der Waals surface area contributed by atoms with E-state index in [1.54, 1.807) is 0 Å². The topological polar surface area (TPSA) is 76.7 Å². The van der Waals surface area contributed by atoms with E-state index in [0.29, 0.717) is 26.3 Å². The zero-order valence-electron chi connectivity index (χ0n) is 10.4. The summed E-state index contributed by atoms with van der Waals surface area (Å²) >= 11 is 0. The van der Waals surface area contributed by atoms with Gasteiger partial charge in [-0.05, 0) is 17.7 Å². The van der Waals surface area contributed by atoms with E-state index in [0.717, 1.165) is 23.5 Å². The second kappa shape index (κ2) is 6.58. The third-order valence-electron chi connectivity index (χ3n) is 2.91. The Hall–Kier alpha value is -1.30. The Labute approximate surface area is 107 Å². The van der Waals surface area contributed by atoms with E-state index in [1.807, 2.05) is 18.2 Å². The Morgan fingerprint density at radius 1 is 1.28 bits per heavy atom. The van der Waals surface area contributed by atoms with Crippen molar-refractivity contribution in [1.29, 1.82) is 0 Å². The van der Waals surface area contributed by atoms with E-state index in [2.05, 4.69) is 5.32 Å². The lowest BCUT2D eigenvalue weighted by Crippen LogP contribution is -2.30. The van der Waals surface area contributed by atoms with Gasteiger partial charge < -0.3 is 25.6 Å². The first-order valence-electron chi connectivity index (χ1n) is 6.29. The van der Waals surface area contributed by atoms with Gasteiger partial charge in [-0.15, -0.1) is 0 Å². The normalized spacial score (nSPS) is 16.1. The van der Waals surface area contributed by atoms with Crippen molar-refractivity contribution in [1.82, 2.24) is 5.32 Å². The molecule has 5 heteroatoms. The molecule has 0 bridgehead atoms. The van der Waals surface area contributed by atoms with E-state index in [1.165, 1.54) is 0 Å². The van der Waals surface area contributed by atoms with Crippen molar-refractivity contribution in [3.8, 4) is 11.5 Å². The molecule has 2 rings (SSSR count). The van der Waals surface area contributed by atoms with Crippen LogP contribution in [-0.2, 0) is 0 Å². The van der Waals surface area contributed by atoms with Crippen molar-refractivity contribution in [3.63, 3.8) is 0 Å². The molecule has 1 aromatic carbocycles. The van der Waals surface area contributed by atoms with Crippen LogP contribution in [0.15, 0.2) is 18.2 Å². The van der Waals surface area contributed by atoms with E-state index < -0.39 is 0 Å². The molecule has 0 amide bonds. The van der Waals surface area contributed by atoms with Crippen molar-refractivity contribution in [2.45, 2.75) is 12.5 Å². The van der Waals surface area contributed by atoms with E-state index in [-0.39, 0.29) is 12.6 Å². The molecular weight excluding hydrogens is 232 g/mol. The molecule has 0 saturated carbocycles. The van der Waals surface area contributed by atoms with Crippen LogP contribution in [0.3, 0.4) is 0 Å². The molecular formula is C13H20N2O3. The van der Waals surface area contributed by atoms with Crippen LogP contribution in [0.5, 0.6) is 11.5 Å². The second-order valence-corrected chi connectivity index (χ2v) is 4.22. The van der Waals surface area contributed by atoms with Gasteiger partial charge in [0.2, 0.25) is 0 Å². The van der Waals surface area contributed by atoms with Crippen molar-refractivity contribution in [2.24, 2.45) is 5.73 Å². The van der Waals surface area contributed by atoms with Gasteiger partial charge in [-0.25, -0.2) is 0 Å². The molecule has 1 aliphatic heterocycles. The number of aliphatic hydroxyl groups excluding tert-OH is 1. The zero-order valence-corrected chi connectivity index (χ0v) is 10.4. The van der Waals surface area contributed by atoms with E-state index >= 15 is 0 Å². The maximum atomic E-state index is 8.84. The average Bonchev–Trinajstić information content (AvgIpc) is 2.64. The van der Waals surface area contributed by atoms with Gasteiger partial charge in [0.25, 0.3) is 0 Å². The van der Waals surface area contributed by atoms with E-state index in [4.69, 9.17) is 20.3 Å². The third-order valence-corrected chi connectivity index (χ3v) is 2.91. The van der Waals surface area contributed by atoms with Crippen LogP contribution in [0.25, 0.3) is 0 Å². The molecule has 1 heterocycles. The summed E-state index contributed by atoms with van der Waals surface area (Å²) in [5, 5.41) is 12.0. The fourth-order valence-electron chi connectivity index (χ4n) is 1.97. The average molecular weight is 252 g/mol. The van der Waals surface area contributed by atoms with Crippen molar-refractivity contribution >= 4 is 0 Å². The monoisotopic (exact) mass is 252 g/mol. The van der Waals surface area contributed by atoms with Gasteiger partial charge >= 0.3 is 0 Å². The molecule has 0 spiro atoms. The van der Waals surface area contributed by atoms with Gasteiger partial charge in [0, 0.05) is 25.6 Å². The number of hydrogen-bond acceptors (Lipinski definition) is 5. The Morgan fingerprint density at radius 2 is 2.06 bits per heavy atom. The molecule has 4 N–H and O–H groups in total. The van der Waals surface area contributed by atoms with Gasteiger partial charge in [0.15, 0.2) is 11.5 Å². The molecule has 0 radical (unpaired) electrons. The largest absolute Gasteiger partial charge is 0.490 e. The minimum Gasteiger partial charge on any atom is -0.490 e. The molecule has 100 valence electrons. The van der Waals surface area contributed by atoms with Gasteiger partial charge in [0.05, 0.1) is 19.8 Å². The minimum absolute atomic E-state index is 0.0225. The number of fused-ring (bicyclic) bond motifs is 1. The van der Waals surface area contributed by atoms with Crippen LogP contribution >= 0.6 is 0 Å². The summed E-state index contributed by atoms with van der Waals surface area (Å²) in [4.78, 5) is 0. The van der Waals surface area contributed by atoms with Crippen LogP contribution in [0.2, 0.25) is 0 Å². The smallest absolute Gasteiger partial charge is 0.161 e. The van der Waals surface area contributed by atoms with Crippen LogP contribution < -0.4 is 20.5 Å². The number of aliphatic hydroxyl groups is 1. The maximum Gasteiger partial charge on any atom is 0.161 e. The van der Waals surface area contributed by atoms with Crippen LogP contribution in [0.1, 0.15) is 18.0 Å². The highest BCUT2D eigenvalue weighted by Crippen LogP contribution is 2.32. The zero-order chi connectivity index (χ0) is 12.8. The maximum absolute atomic E-state index is 8.84. The van der Waals surface area contributed by atoms with Gasteiger partial charge in [0.1, 0.15) is 0 Å². The molecule has 5 nitrogen and oxygen atoms in total. The molecule has 1 unspecified atom stereocenters. The molecule has 1 aromatic rings. The Bertz CT molecular complexity index is 384. The SMILES string of the molecule is NCC(NCCO)c1ccc2c(c1)OCCCO2. The number of nitrogens with one attached hydrogen (secondary N) is 1. The minimum atomic E-state index is 0.0225. The highest BCUT2D eigenvalue weighted by atomic mass is 16.5. The summed E-state index contributed by atoms with van der Waals surface area (Å²) in [6.45, 7) is 2.46. The lowest BCUT2D eigenvalue weighted by molar-refractivity contribution is 0.284. The molecule has 0 fully saturated rings. The van der Waals surface area contributed by atoms with Crippen molar-refractivity contribution in [3.05, 3.63) is 23.8 Å². The number of hydrogen-bond donors (Lipinski definition) is 3. The molecule has 18 heavy (non-hydrogen) atoms. The lowest BCUT2D eigenvalue weighted by atomic mass is 10.1. The first kappa shape index (κ1) is 13.1. The Morgan fingerprint density at radius 3 is 2.78 bits per heavy atom. The molecule has 1 atom stereocenters. The number of rotatable bonds is 5. The second-order valence-electron chi connectivity index (χ2n) is 4.22. The summed E-state index contributed by atoms with van der Waals surface area (Å²) in [5.74, 6) is 1.56. The highest BCUT2D eigenvalue weighted by Gasteiger charge is 2.14.